The molecular weight excluding hydrogens is 718 g/mol. The van der Waals surface area contributed by atoms with Gasteiger partial charge in [-0.15, -0.1) is 0 Å². The summed E-state index contributed by atoms with van der Waals surface area (Å²) >= 11 is 0. The van der Waals surface area contributed by atoms with E-state index in [1.54, 1.807) is 76.3 Å². The van der Waals surface area contributed by atoms with Gasteiger partial charge in [-0.05, 0) is 74.6 Å². The van der Waals surface area contributed by atoms with E-state index in [0.717, 1.165) is 0 Å². The molecule has 56 heavy (non-hydrogen) atoms. The third kappa shape index (κ3) is 13.6. The molecule has 1 saturated heterocycles. The molecule has 2 aliphatic rings. The average Bonchev–Trinajstić information content (AvgIpc) is 3.18. The van der Waals surface area contributed by atoms with E-state index in [1.165, 1.54) is 32.2 Å². The molecule has 0 spiro atoms. The zero-order valence-corrected chi connectivity index (χ0v) is 33.6. The normalized spacial score (nSPS) is 27.6. The van der Waals surface area contributed by atoms with E-state index in [-0.39, 0.29) is 31.1 Å². The first-order valence-electron chi connectivity index (χ1n) is 19.2. The maximum Gasteiger partial charge on any atom is 0.325 e. The number of nitrogens with zero attached hydrogens (tertiary/aromatic N) is 1. The molecule has 1 aromatic carbocycles. The highest BCUT2D eigenvalue weighted by atomic mass is 16.5. The van der Waals surface area contributed by atoms with Crippen LogP contribution in [0.15, 0.2) is 72.4 Å². The summed E-state index contributed by atoms with van der Waals surface area (Å²) in [4.78, 5) is 79.9. The first-order valence-corrected chi connectivity index (χ1v) is 19.2. The van der Waals surface area contributed by atoms with Crippen LogP contribution < -0.4 is 26.1 Å². The van der Waals surface area contributed by atoms with Crippen molar-refractivity contribution in [2.75, 3.05) is 20.7 Å². The Morgan fingerprint density at radius 3 is 2.45 bits per heavy atom. The first kappa shape index (κ1) is 45.3. The molecule has 1 fully saturated rings. The minimum Gasteiger partial charge on any atom is -0.497 e. The molecule has 7 atom stereocenters. The Morgan fingerprint density at radius 2 is 1.79 bits per heavy atom. The number of allylic oxidation sites excluding steroid dienone is 5. The molecule has 4 amide bonds. The van der Waals surface area contributed by atoms with Gasteiger partial charge in [0, 0.05) is 32.5 Å². The number of Topliss-reactive ketones (excluding diaryl/α,β-unsaturated/α-hetero) is 1. The van der Waals surface area contributed by atoms with Crippen molar-refractivity contribution in [1.82, 2.24) is 26.4 Å². The zero-order valence-electron chi connectivity index (χ0n) is 33.6. The SMILES string of the molecule is CNC(=O)/C=C/C=C(\C)[C@@H]1C/C=C/C=C/C[C@H](C)[C@@H](O)[C@@H](CCC(C)=O)C(=O)N[C@@H](C(C)C)C(=O)NC(c2cccc(OC)c2)C(=O)N2CCCC(N2)C(=O)O1. The fourth-order valence-corrected chi connectivity index (χ4v) is 6.44. The topological polar surface area (TPSA) is 192 Å². The monoisotopic (exact) mass is 777 g/mol. The lowest BCUT2D eigenvalue weighted by atomic mass is 9.85. The molecule has 0 saturated carbocycles. The molecule has 0 aliphatic carbocycles. The van der Waals surface area contributed by atoms with Crippen molar-refractivity contribution in [3.8, 4) is 5.75 Å². The number of benzene rings is 1. The van der Waals surface area contributed by atoms with Crippen LogP contribution in [0.25, 0.3) is 0 Å². The van der Waals surface area contributed by atoms with Crippen LogP contribution in [-0.2, 0) is 33.5 Å². The van der Waals surface area contributed by atoms with Crippen molar-refractivity contribution >= 4 is 35.4 Å². The van der Waals surface area contributed by atoms with E-state index in [4.69, 9.17) is 9.47 Å². The number of hydrogen-bond donors (Lipinski definition) is 5. The van der Waals surface area contributed by atoms with Gasteiger partial charge >= 0.3 is 5.97 Å². The number of hydrogen-bond acceptors (Lipinski definition) is 10. The molecule has 306 valence electrons. The largest absolute Gasteiger partial charge is 0.497 e. The molecular formula is C42H59N5O9. The van der Waals surface area contributed by atoms with E-state index < -0.39 is 71.8 Å². The predicted molar refractivity (Wildman–Crippen MR) is 211 cm³/mol. The van der Waals surface area contributed by atoms with Crippen LogP contribution in [0.1, 0.15) is 84.7 Å². The first-order chi connectivity index (χ1) is 26.7. The van der Waals surface area contributed by atoms with Crippen LogP contribution in [0.4, 0.5) is 0 Å². The fraction of sp³-hybridized carbons (Fsp3) is 0.524. The van der Waals surface area contributed by atoms with Crippen molar-refractivity contribution in [3.05, 3.63) is 77.9 Å². The lowest BCUT2D eigenvalue weighted by molar-refractivity contribution is -0.156. The number of nitrogens with one attached hydrogen (secondary N) is 4. The van der Waals surface area contributed by atoms with Crippen LogP contribution in [0.3, 0.4) is 0 Å². The summed E-state index contributed by atoms with van der Waals surface area (Å²) in [5, 5.41) is 20.9. The van der Waals surface area contributed by atoms with E-state index in [0.29, 0.717) is 42.6 Å². The average molecular weight is 778 g/mol. The second-order valence-electron chi connectivity index (χ2n) is 14.7. The summed E-state index contributed by atoms with van der Waals surface area (Å²) in [5.41, 5.74) is 4.11. The molecule has 5 N–H and O–H groups in total. The molecule has 0 aromatic heterocycles. The summed E-state index contributed by atoms with van der Waals surface area (Å²) in [5.74, 6) is -4.13. The number of carbonyl (C=O) groups is 6. The smallest absolute Gasteiger partial charge is 0.325 e. The van der Waals surface area contributed by atoms with Gasteiger partial charge in [0.15, 0.2) is 0 Å². The molecule has 1 aromatic rings. The fourth-order valence-electron chi connectivity index (χ4n) is 6.44. The predicted octanol–water partition coefficient (Wildman–Crippen LogP) is 3.54. The molecule has 2 bridgehead atoms. The minimum atomic E-state index is -1.25. The highest BCUT2D eigenvalue weighted by Crippen LogP contribution is 2.26. The molecule has 0 radical (unpaired) electrons. The maximum atomic E-state index is 14.4. The zero-order chi connectivity index (χ0) is 41.4. The Balaban J connectivity index is 2.08. The Hall–Kier alpha value is -5.08. The number of amides is 4. The summed E-state index contributed by atoms with van der Waals surface area (Å²) in [6.45, 7) is 8.75. The molecule has 3 rings (SSSR count). The molecule has 2 aliphatic heterocycles. The van der Waals surface area contributed by atoms with Crippen molar-refractivity contribution in [3.63, 3.8) is 0 Å². The van der Waals surface area contributed by atoms with Crippen molar-refractivity contribution < 1.29 is 43.3 Å². The second kappa shape index (κ2) is 22.5. The summed E-state index contributed by atoms with van der Waals surface area (Å²) in [6.07, 6.45) is 11.8. The van der Waals surface area contributed by atoms with E-state index in [9.17, 15) is 33.9 Å². The third-order valence-electron chi connectivity index (χ3n) is 9.94. The number of methoxy groups -OCH3 is 1. The number of hydrazine groups is 1. The Kier molecular flexibility index (Phi) is 18.2. The Labute approximate surface area is 330 Å². The Bertz CT molecular complexity index is 1670. The number of fused-ring (bicyclic) bond motifs is 2. The van der Waals surface area contributed by atoms with E-state index >= 15 is 0 Å². The maximum absolute atomic E-state index is 14.4. The molecule has 2 heterocycles. The van der Waals surface area contributed by atoms with Gasteiger partial charge in [-0.3, -0.25) is 29.0 Å². The van der Waals surface area contributed by atoms with E-state index in [2.05, 4.69) is 21.4 Å². The van der Waals surface area contributed by atoms with Gasteiger partial charge in [-0.2, -0.15) is 0 Å². The van der Waals surface area contributed by atoms with Gasteiger partial charge in [-0.25, -0.2) is 5.43 Å². The number of aliphatic hydroxyl groups is 1. The van der Waals surface area contributed by atoms with Crippen molar-refractivity contribution in [2.45, 2.75) is 103 Å². The van der Waals surface area contributed by atoms with Gasteiger partial charge in [0.25, 0.3) is 5.91 Å². The number of esters is 1. The standard InChI is InChI=1S/C42H59N5O9/c1-26(2)36-40(52)45-37(30-17-13-18-31(25-30)55-7)41(53)47-24-14-19-33(46-47)42(54)56-34(27(3)16-12-21-35(49)43-6)20-11-9-8-10-15-28(4)38(50)32(39(51)44-36)23-22-29(5)48/h8-13,16-18,21,25-26,28,32-34,36-38,46,50H,14-15,19-20,22-24H2,1-7H3,(H,43,49)(H,44,51)(H,45,52)/b10-8+,11-9+,21-12+,27-16+/t28-,32+,33?,34-,36-,37?,38+/m0/s1. The number of ether oxygens (including phenoxy) is 2. The highest BCUT2D eigenvalue weighted by Gasteiger charge is 2.38. The number of carbonyl (C=O) groups excluding carboxylic acids is 6. The Morgan fingerprint density at radius 1 is 1.07 bits per heavy atom. The van der Waals surface area contributed by atoms with Gasteiger partial charge < -0.3 is 35.3 Å². The molecule has 2 unspecified atom stereocenters. The van der Waals surface area contributed by atoms with Crippen molar-refractivity contribution in [2.24, 2.45) is 17.8 Å². The number of cyclic esters (lactones) is 1. The summed E-state index contributed by atoms with van der Waals surface area (Å²) in [6, 6.07) is 3.45. The second-order valence-corrected chi connectivity index (χ2v) is 14.7. The lowest BCUT2D eigenvalue weighted by Crippen LogP contribution is -2.59. The van der Waals surface area contributed by atoms with Crippen LogP contribution in [-0.4, -0.2) is 90.5 Å². The van der Waals surface area contributed by atoms with Gasteiger partial charge in [-0.1, -0.05) is 69.4 Å². The number of ketones is 1. The quantitative estimate of drug-likeness (QED) is 0.141. The van der Waals surface area contributed by atoms with Gasteiger partial charge in [0.2, 0.25) is 17.7 Å². The van der Waals surface area contributed by atoms with Crippen molar-refractivity contribution in [1.29, 1.82) is 0 Å². The third-order valence-corrected chi connectivity index (χ3v) is 9.94. The minimum absolute atomic E-state index is 0.0659. The molecule has 14 nitrogen and oxygen atoms in total. The van der Waals surface area contributed by atoms with Gasteiger partial charge in [0.05, 0.1) is 19.1 Å². The van der Waals surface area contributed by atoms with Gasteiger partial charge in [0.1, 0.15) is 35.8 Å². The number of likely N-dealkylation sites (N-methyl/N-ethyl adjacent to an activating group) is 1. The molecule has 14 heteroatoms. The number of rotatable bonds is 9. The van der Waals surface area contributed by atoms with Crippen LogP contribution >= 0.6 is 0 Å². The summed E-state index contributed by atoms with van der Waals surface area (Å²) in [7, 11) is 3.00. The number of aliphatic hydroxyl groups excluding tert-OH is 1. The van der Waals surface area contributed by atoms with E-state index in [1.807, 2.05) is 12.2 Å². The summed E-state index contributed by atoms with van der Waals surface area (Å²) < 4.78 is 11.4. The lowest BCUT2D eigenvalue weighted by Gasteiger charge is -2.36. The van der Waals surface area contributed by atoms with Crippen LogP contribution in [0.5, 0.6) is 5.75 Å². The van der Waals surface area contributed by atoms with Crippen LogP contribution in [0.2, 0.25) is 0 Å². The van der Waals surface area contributed by atoms with Crippen LogP contribution in [0, 0.1) is 17.8 Å². The highest BCUT2D eigenvalue weighted by molar-refractivity contribution is 5.93.